The second-order valence-corrected chi connectivity index (χ2v) is 8.12. The van der Waals surface area contributed by atoms with E-state index in [0.29, 0.717) is 17.1 Å². The Morgan fingerprint density at radius 3 is 2.62 bits per heavy atom. The van der Waals surface area contributed by atoms with Gasteiger partial charge in [-0.25, -0.2) is 4.98 Å². The average molecular weight is 425 g/mol. The maximum Gasteiger partial charge on any atom is 0.232 e. The Bertz CT molecular complexity index is 1300. The summed E-state index contributed by atoms with van der Waals surface area (Å²) in [6, 6.07) is 17.1. The largest absolute Gasteiger partial charge is 0.470 e. The van der Waals surface area contributed by atoms with E-state index in [1.54, 1.807) is 24.1 Å². The SMILES string of the molecule is Cn1cc(COc2nccc(-c3ccc4cc(N5CCCCC5)ccc4c3)c2C#N)nn1. The molecule has 32 heavy (non-hydrogen) atoms. The van der Waals surface area contributed by atoms with Crippen LogP contribution in [0.4, 0.5) is 5.69 Å². The predicted molar refractivity (Wildman–Crippen MR) is 123 cm³/mol. The van der Waals surface area contributed by atoms with Crippen molar-refractivity contribution in [2.75, 3.05) is 18.0 Å². The minimum Gasteiger partial charge on any atom is -0.470 e. The molecule has 0 amide bonds. The minimum atomic E-state index is 0.204. The molecule has 0 N–H and O–H groups in total. The second-order valence-electron chi connectivity index (χ2n) is 8.12. The number of rotatable bonds is 5. The van der Waals surface area contributed by atoms with Crippen LogP contribution >= 0.6 is 0 Å². The van der Waals surface area contributed by atoms with Crippen molar-refractivity contribution in [3.8, 4) is 23.1 Å². The molecular weight excluding hydrogens is 400 g/mol. The normalized spacial score (nSPS) is 13.8. The third-order valence-corrected chi connectivity index (χ3v) is 5.89. The van der Waals surface area contributed by atoms with Crippen LogP contribution < -0.4 is 9.64 Å². The number of aromatic nitrogens is 4. The standard InChI is InChI=1S/C25H24N6O/c1-30-16-21(28-29-30)17-32-25-24(15-26)23(9-10-27-25)20-6-5-19-14-22(8-7-18(19)13-20)31-11-3-2-4-12-31/h5-10,13-14,16H,2-4,11-12,17H2,1H3. The molecule has 1 aliphatic rings. The summed E-state index contributed by atoms with van der Waals surface area (Å²) < 4.78 is 7.42. The van der Waals surface area contributed by atoms with Crippen molar-refractivity contribution < 1.29 is 4.74 Å². The van der Waals surface area contributed by atoms with Gasteiger partial charge in [0.15, 0.2) is 0 Å². The van der Waals surface area contributed by atoms with Gasteiger partial charge in [-0.3, -0.25) is 4.68 Å². The minimum absolute atomic E-state index is 0.204. The Labute approximate surface area is 186 Å². The molecule has 0 unspecified atom stereocenters. The summed E-state index contributed by atoms with van der Waals surface area (Å²) in [4.78, 5) is 6.74. The van der Waals surface area contributed by atoms with Gasteiger partial charge in [0.25, 0.3) is 0 Å². The highest BCUT2D eigenvalue weighted by atomic mass is 16.5. The number of pyridine rings is 1. The van der Waals surface area contributed by atoms with Gasteiger partial charge in [0.1, 0.15) is 23.9 Å². The predicted octanol–water partition coefficient (Wildman–Crippen LogP) is 4.47. The van der Waals surface area contributed by atoms with E-state index in [9.17, 15) is 5.26 Å². The van der Waals surface area contributed by atoms with Gasteiger partial charge < -0.3 is 9.64 Å². The lowest BCUT2D eigenvalue weighted by Gasteiger charge is -2.29. The van der Waals surface area contributed by atoms with Crippen LogP contribution in [0.3, 0.4) is 0 Å². The lowest BCUT2D eigenvalue weighted by atomic mass is 9.98. The first kappa shape index (κ1) is 20.0. The Kier molecular flexibility index (Phi) is 5.42. The fraction of sp³-hybridized carbons (Fsp3) is 0.280. The van der Waals surface area contributed by atoms with Crippen molar-refractivity contribution in [3.05, 3.63) is 66.1 Å². The first-order valence-electron chi connectivity index (χ1n) is 10.9. The zero-order valence-electron chi connectivity index (χ0n) is 18.0. The van der Waals surface area contributed by atoms with E-state index in [1.807, 2.05) is 6.07 Å². The number of aryl methyl sites for hydroxylation is 1. The van der Waals surface area contributed by atoms with E-state index in [0.717, 1.165) is 29.6 Å². The Morgan fingerprint density at radius 1 is 1.03 bits per heavy atom. The summed E-state index contributed by atoms with van der Waals surface area (Å²) in [6.07, 6.45) is 7.29. The summed E-state index contributed by atoms with van der Waals surface area (Å²) in [5, 5.41) is 20.1. The van der Waals surface area contributed by atoms with Gasteiger partial charge in [-0.1, -0.05) is 23.4 Å². The molecule has 0 spiro atoms. The van der Waals surface area contributed by atoms with Crippen LogP contribution in [0.15, 0.2) is 54.9 Å². The van der Waals surface area contributed by atoms with Gasteiger partial charge in [0.2, 0.25) is 5.88 Å². The van der Waals surface area contributed by atoms with E-state index >= 15 is 0 Å². The maximum atomic E-state index is 9.85. The molecule has 0 atom stereocenters. The van der Waals surface area contributed by atoms with Gasteiger partial charge in [-0.15, -0.1) is 5.10 Å². The third-order valence-electron chi connectivity index (χ3n) is 5.89. The van der Waals surface area contributed by atoms with Gasteiger partial charge in [-0.2, -0.15) is 5.26 Å². The summed E-state index contributed by atoms with van der Waals surface area (Å²) in [6.45, 7) is 2.46. The highest BCUT2D eigenvalue weighted by Crippen LogP contribution is 2.32. The summed E-state index contributed by atoms with van der Waals surface area (Å²) in [7, 11) is 1.80. The highest BCUT2D eigenvalue weighted by Gasteiger charge is 2.15. The van der Waals surface area contributed by atoms with Crippen LogP contribution in [-0.4, -0.2) is 33.1 Å². The van der Waals surface area contributed by atoms with Crippen molar-refractivity contribution in [2.45, 2.75) is 25.9 Å². The first-order valence-corrected chi connectivity index (χ1v) is 10.9. The molecule has 0 radical (unpaired) electrons. The zero-order chi connectivity index (χ0) is 21.9. The number of piperidine rings is 1. The monoisotopic (exact) mass is 424 g/mol. The summed E-state index contributed by atoms with van der Waals surface area (Å²) in [5.41, 5.74) is 4.15. The number of fused-ring (bicyclic) bond motifs is 1. The molecule has 0 aliphatic carbocycles. The van der Waals surface area contributed by atoms with Gasteiger partial charge in [-0.05, 0) is 59.9 Å². The van der Waals surface area contributed by atoms with Gasteiger partial charge >= 0.3 is 0 Å². The first-order chi connectivity index (χ1) is 15.7. The molecule has 4 aromatic rings. The van der Waals surface area contributed by atoms with Crippen molar-refractivity contribution in [3.63, 3.8) is 0 Å². The molecule has 0 saturated carbocycles. The fourth-order valence-electron chi connectivity index (χ4n) is 4.25. The van der Waals surface area contributed by atoms with E-state index in [2.05, 4.69) is 62.7 Å². The number of hydrogen-bond acceptors (Lipinski definition) is 6. The van der Waals surface area contributed by atoms with Crippen LogP contribution in [-0.2, 0) is 13.7 Å². The number of ether oxygens (including phenoxy) is 1. The third kappa shape index (κ3) is 4.00. The quantitative estimate of drug-likeness (QED) is 0.470. The van der Waals surface area contributed by atoms with Crippen LogP contribution in [0.25, 0.3) is 21.9 Å². The molecule has 160 valence electrons. The summed E-state index contributed by atoms with van der Waals surface area (Å²) in [5.74, 6) is 0.302. The van der Waals surface area contributed by atoms with Gasteiger partial charge in [0, 0.05) is 37.6 Å². The van der Waals surface area contributed by atoms with E-state index < -0.39 is 0 Å². The van der Waals surface area contributed by atoms with Crippen molar-refractivity contribution >= 4 is 16.5 Å². The molecule has 0 bridgehead atoms. The maximum absolute atomic E-state index is 9.85. The average Bonchev–Trinajstić information content (AvgIpc) is 3.27. The molecule has 2 aromatic carbocycles. The van der Waals surface area contributed by atoms with Crippen molar-refractivity contribution in [1.29, 1.82) is 5.26 Å². The molecule has 1 saturated heterocycles. The lowest BCUT2D eigenvalue weighted by molar-refractivity contribution is 0.288. The Morgan fingerprint density at radius 2 is 1.84 bits per heavy atom. The fourth-order valence-corrected chi connectivity index (χ4v) is 4.25. The summed E-state index contributed by atoms with van der Waals surface area (Å²) >= 11 is 0. The molecule has 7 nitrogen and oxygen atoms in total. The van der Waals surface area contributed by atoms with Gasteiger partial charge in [0.05, 0.1) is 6.20 Å². The number of anilines is 1. The lowest BCUT2D eigenvalue weighted by Crippen LogP contribution is -2.29. The van der Waals surface area contributed by atoms with Crippen LogP contribution in [0.5, 0.6) is 5.88 Å². The van der Waals surface area contributed by atoms with Crippen molar-refractivity contribution in [1.82, 2.24) is 20.0 Å². The van der Waals surface area contributed by atoms with Crippen LogP contribution in [0, 0.1) is 11.3 Å². The highest BCUT2D eigenvalue weighted by molar-refractivity contribution is 5.90. The molecule has 5 rings (SSSR count). The number of nitriles is 1. The number of hydrogen-bond donors (Lipinski definition) is 0. The molecule has 3 heterocycles. The van der Waals surface area contributed by atoms with E-state index in [-0.39, 0.29) is 6.61 Å². The molecular formula is C25H24N6O. The molecule has 7 heteroatoms. The van der Waals surface area contributed by atoms with Crippen molar-refractivity contribution in [2.24, 2.45) is 7.05 Å². The topological polar surface area (TPSA) is 79.9 Å². The van der Waals surface area contributed by atoms with E-state index in [1.165, 1.54) is 30.3 Å². The molecule has 1 fully saturated rings. The second kappa shape index (κ2) is 8.67. The zero-order valence-corrected chi connectivity index (χ0v) is 18.0. The van der Waals surface area contributed by atoms with E-state index in [4.69, 9.17) is 4.74 Å². The number of benzene rings is 2. The Hall–Kier alpha value is -3.92. The van der Waals surface area contributed by atoms with Crippen LogP contribution in [0.2, 0.25) is 0 Å². The number of nitrogens with zero attached hydrogens (tertiary/aromatic N) is 6. The molecule has 1 aliphatic heterocycles. The Balaban J connectivity index is 1.44. The smallest absolute Gasteiger partial charge is 0.232 e. The van der Waals surface area contributed by atoms with Crippen LogP contribution in [0.1, 0.15) is 30.5 Å². The molecule has 2 aromatic heterocycles.